The van der Waals surface area contributed by atoms with Crippen LogP contribution in [0.2, 0.25) is 0 Å². The third kappa shape index (κ3) is 4.60. The van der Waals surface area contributed by atoms with Crippen LogP contribution in [0.15, 0.2) is 24.5 Å². The lowest BCUT2D eigenvalue weighted by Crippen LogP contribution is -2.47. The Hall–Kier alpha value is -2.11. The van der Waals surface area contributed by atoms with Crippen LogP contribution in [0.3, 0.4) is 0 Å². The zero-order valence-electron chi connectivity index (χ0n) is 16.0. The number of nitrogens with one attached hydrogen (secondary N) is 1. The first-order valence-electron chi connectivity index (χ1n) is 10.4. The molecular formula is C21H30N4O2. The van der Waals surface area contributed by atoms with Crippen molar-refractivity contribution >= 4 is 11.9 Å². The van der Waals surface area contributed by atoms with Crippen molar-refractivity contribution < 1.29 is 9.59 Å². The van der Waals surface area contributed by atoms with Crippen LogP contribution in [-0.4, -0.2) is 51.9 Å². The molecule has 1 N–H and O–H groups in total. The summed E-state index contributed by atoms with van der Waals surface area (Å²) in [6.45, 7) is 1.99. The molecule has 1 unspecified atom stereocenters. The maximum absolute atomic E-state index is 13.0. The normalized spacial score (nSPS) is 23.5. The fraction of sp³-hybridized carbons (Fsp3) is 0.667. The molecule has 3 aliphatic rings. The van der Waals surface area contributed by atoms with Gasteiger partial charge < -0.3 is 15.1 Å². The van der Waals surface area contributed by atoms with Crippen molar-refractivity contribution in [3.05, 3.63) is 30.1 Å². The summed E-state index contributed by atoms with van der Waals surface area (Å²) < 4.78 is 0. The Bertz CT molecular complexity index is 655. The van der Waals surface area contributed by atoms with Crippen LogP contribution >= 0.6 is 0 Å². The average molecular weight is 370 g/mol. The third-order valence-corrected chi connectivity index (χ3v) is 6.12. The van der Waals surface area contributed by atoms with E-state index in [4.69, 9.17) is 0 Å². The van der Waals surface area contributed by atoms with Crippen LogP contribution in [0.1, 0.15) is 56.9 Å². The number of pyridine rings is 1. The molecule has 6 nitrogen and oxygen atoms in total. The van der Waals surface area contributed by atoms with Gasteiger partial charge in [-0.05, 0) is 37.3 Å². The van der Waals surface area contributed by atoms with Crippen LogP contribution < -0.4 is 5.32 Å². The number of amides is 3. The summed E-state index contributed by atoms with van der Waals surface area (Å²) >= 11 is 0. The largest absolute Gasteiger partial charge is 0.339 e. The molecule has 27 heavy (non-hydrogen) atoms. The van der Waals surface area contributed by atoms with Crippen molar-refractivity contribution in [2.45, 2.75) is 70.0 Å². The molecule has 1 aliphatic heterocycles. The quantitative estimate of drug-likeness (QED) is 0.837. The molecule has 0 radical (unpaired) electrons. The number of aromatic nitrogens is 1. The molecule has 1 atom stereocenters. The Morgan fingerprint density at radius 1 is 1.22 bits per heavy atom. The summed E-state index contributed by atoms with van der Waals surface area (Å²) in [4.78, 5) is 33.3. The number of carbonyl (C=O) groups is 2. The number of rotatable bonds is 6. The highest BCUT2D eigenvalue weighted by Crippen LogP contribution is 2.32. The predicted octanol–water partition coefficient (Wildman–Crippen LogP) is 2.94. The third-order valence-electron chi connectivity index (χ3n) is 6.12. The lowest BCUT2D eigenvalue weighted by atomic mass is 9.94. The molecule has 4 rings (SSSR count). The number of urea groups is 1. The molecule has 0 bridgehead atoms. The van der Waals surface area contributed by atoms with E-state index in [0.717, 1.165) is 37.8 Å². The van der Waals surface area contributed by atoms with Crippen LogP contribution in [0.5, 0.6) is 0 Å². The Morgan fingerprint density at radius 3 is 2.74 bits per heavy atom. The summed E-state index contributed by atoms with van der Waals surface area (Å²) in [6.07, 6.45) is 12.3. The van der Waals surface area contributed by atoms with E-state index in [-0.39, 0.29) is 17.9 Å². The molecular weight excluding hydrogens is 340 g/mol. The first-order valence-corrected chi connectivity index (χ1v) is 10.4. The van der Waals surface area contributed by atoms with Crippen LogP contribution in [-0.2, 0) is 11.3 Å². The van der Waals surface area contributed by atoms with Gasteiger partial charge in [0.05, 0.1) is 0 Å². The zero-order valence-corrected chi connectivity index (χ0v) is 16.0. The Labute approximate surface area is 161 Å². The number of hydrogen-bond donors (Lipinski definition) is 1. The first-order chi connectivity index (χ1) is 13.2. The summed E-state index contributed by atoms with van der Waals surface area (Å²) in [5.74, 6) is 0.505. The standard InChI is InChI=1S/C21H30N4O2/c26-20-11-17(15-24(20)19-8-9-19)13-23-21(27)25(18-6-2-1-3-7-18)14-16-5-4-10-22-12-16/h4-5,10,12,17-19H,1-3,6-9,11,13-15H2,(H,23,27). The van der Waals surface area contributed by atoms with Gasteiger partial charge in [-0.1, -0.05) is 25.3 Å². The highest BCUT2D eigenvalue weighted by Gasteiger charge is 2.39. The molecule has 0 spiro atoms. The van der Waals surface area contributed by atoms with E-state index in [1.165, 1.54) is 19.3 Å². The molecule has 1 saturated heterocycles. The van der Waals surface area contributed by atoms with Gasteiger partial charge in [0.15, 0.2) is 0 Å². The Kier molecular flexibility index (Phi) is 5.60. The highest BCUT2D eigenvalue weighted by molar-refractivity contribution is 5.79. The summed E-state index contributed by atoms with van der Waals surface area (Å²) in [5, 5.41) is 3.13. The highest BCUT2D eigenvalue weighted by atomic mass is 16.2. The van der Waals surface area contributed by atoms with E-state index in [9.17, 15) is 9.59 Å². The lowest BCUT2D eigenvalue weighted by molar-refractivity contribution is -0.128. The van der Waals surface area contributed by atoms with Gasteiger partial charge in [0.1, 0.15) is 0 Å². The first kappa shape index (κ1) is 18.3. The van der Waals surface area contributed by atoms with Crippen molar-refractivity contribution in [1.82, 2.24) is 20.1 Å². The van der Waals surface area contributed by atoms with Crippen molar-refractivity contribution in [2.24, 2.45) is 5.92 Å². The van der Waals surface area contributed by atoms with Crippen molar-refractivity contribution in [1.29, 1.82) is 0 Å². The second-order valence-electron chi connectivity index (χ2n) is 8.31. The molecule has 2 aliphatic carbocycles. The molecule has 146 valence electrons. The van der Waals surface area contributed by atoms with Gasteiger partial charge in [0.2, 0.25) is 5.91 Å². The molecule has 1 aromatic rings. The number of carbonyl (C=O) groups excluding carboxylic acids is 2. The topological polar surface area (TPSA) is 65.5 Å². The van der Waals surface area contributed by atoms with Gasteiger partial charge in [-0.15, -0.1) is 0 Å². The van der Waals surface area contributed by atoms with Gasteiger partial charge in [-0.25, -0.2) is 4.79 Å². The van der Waals surface area contributed by atoms with Gasteiger partial charge in [-0.3, -0.25) is 9.78 Å². The Morgan fingerprint density at radius 2 is 2.04 bits per heavy atom. The number of likely N-dealkylation sites (tertiary alicyclic amines) is 1. The molecule has 6 heteroatoms. The second-order valence-corrected chi connectivity index (χ2v) is 8.31. The Balaban J connectivity index is 1.35. The molecule has 3 amide bonds. The van der Waals surface area contributed by atoms with Gasteiger partial charge >= 0.3 is 6.03 Å². The van der Waals surface area contributed by atoms with Crippen LogP contribution in [0.25, 0.3) is 0 Å². The van der Waals surface area contributed by atoms with Crippen molar-refractivity contribution in [2.75, 3.05) is 13.1 Å². The van der Waals surface area contributed by atoms with Gasteiger partial charge in [0, 0.05) is 56.5 Å². The minimum atomic E-state index is 0.00285. The maximum Gasteiger partial charge on any atom is 0.317 e. The SMILES string of the molecule is O=C1CC(CNC(=O)N(Cc2cccnc2)C2CCCCC2)CN1C1CC1. The van der Waals surface area contributed by atoms with Crippen LogP contribution in [0, 0.1) is 5.92 Å². The minimum absolute atomic E-state index is 0.00285. The maximum atomic E-state index is 13.0. The van der Waals surface area contributed by atoms with Crippen LogP contribution in [0.4, 0.5) is 4.79 Å². The van der Waals surface area contributed by atoms with E-state index in [2.05, 4.69) is 10.3 Å². The zero-order chi connectivity index (χ0) is 18.6. The van der Waals surface area contributed by atoms with E-state index < -0.39 is 0 Å². The number of hydrogen-bond acceptors (Lipinski definition) is 3. The van der Waals surface area contributed by atoms with E-state index in [1.54, 1.807) is 6.20 Å². The predicted molar refractivity (Wildman–Crippen MR) is 103 cm³/mol. The molecule has 1 aromatic heterocycles. The molecule has 3 fully saturated rings. The molecule has 0 aromatic carbocycles. The van der Waals surface area contributed by atoms with Gasteiger partial charge in [-0.2, -0.15) is 0 Å². The van der Waals surface area contributed by atoms with Crippen molar-refractivity contribution in [3.8, 4) is 0 Å². The van der Waals surface area contributed by atoms with E-state index >= 15 is 0 Å². The second kappa shape index (κ2) is 8.28. The monoisotopic (exact) mass is 370 g/mol. The van der Waals surface area contributed by atoms with E-state index in [1.807, 2.05) is 28.1 Å². The van der Waals surface area contributed by atoms with Gasteiger partial charge in [0.25, 0.3) is 0 Å². The fourth-order valence-corrected chi connectivity index (χ4v) is 4.47. The summed E-state index contributed by atoms with van der Waals surface area (Å²) in [5.41, 5.74) is 1.06. The van der Waals surface area contributed by atoms with E-state index in [0.29, 0.717) is 31.6 Å². The minimum Gasteiger partial charge on any atom is -0.339 e. The smallest absolute Gasteiger partial charge is 0.317 e. The summed E-state index contributed by atoms with van der Waals surface area (Å²) in [7, 11) is 0. The van der Waals surface area contributed by atoms with Crippen molar-refractivity contribution in [3.63, 3.8) is 0 Å². The lowest BCUT2D eigenvalue weighted by Gasteiger charge is -2.34. The average Bonchev–Trinajstić information content (AvgIpc) is 3.48. The number of nitrogens with zero attached hydrogens (tertiary/aromatic N) is 3. The molecule has 2 saturated carbocycles. The fourth-order valence-electron chi connectivity index (χ4n) is 4.47. The molecule has 2 heterocycles. The summed E-state index contributed by atoms with van der Waals surface area (Å²) in [6, 6.07) is 4.72.